The lowest BCUT2D eigenvalue weighted by molar-refractivity contribution is -0.162. The van der Waals surface area contributed by atoms with E-state index in [0.29, 0.717) is 19.4 Å². The van der Waals surface area contributed by atoms with Gasteiger partial charge in [0, 0.05) is 13.0 Å². The predicted molar refractivity (Wildman–Crippen MR) is 269 cm³/mol. The lowest BCUT2D eigenvalue weighted by Crippen LogP contribution is -2.29. The van der Waals surface area contributed by atoms with Crippen molar-refractivity contribution in [1.82, 2.24) is 0 Å². The van der Waals surface area contributed by atoms with Crippen molar-refractivity contribution in [3.05, 3.63) is 146 Å². The molecule has 0 aromatic heterocycles. The van der Waals surface area contributed by atoms with Crippen molar-refractivity contribution >= 4 is 11.9 Å². The van der Waals surface area contributed by atoms with Gasteiger partial charge in [-0.15, -0.1) is 0 Å². The van der Waals surface area contributed by atoms with Gasteiger partial charge in [-0.25, -0.2) is 0 Å². The Hall–Kier alpha value is -4.22. The Morgan fingerprint density at radius 2 is 0.774 bits per heavy atom. The smallest absolute Gasteiger partial charge is 0.310 e. The van der Waals surface area contributed by atoms with E-state index < -0.39 is 6.10 Å². The van der Waals surface area contributed by atoms with E-state index in [4.69, 9.17) is 14.2 Å². The van der Waals surface area contributed by atoms with Crippen LogP contribution in [0.5, 0.6) is 0 Å². The highest BCUT2D eigenvalue weighted by Gasteiger charge is 2.17. The van der Waals surface area contributed by atoms with E-state index in [1.54, 1.807) is 0 Å². The molecule has 5 heteroatoms. The number of ether oxygens (including phenoxy) is 3. The maximum atomic E-state index is 12.7. The summed E-state index contributed by atoms with van der Waals surface area (Å²) in [4.78, 5) is 25.3. The van der Waals surface area contributed by atoms with Crippen molar-refractivity contribution in [3.8, 4) is 0 Å². The number of hydrogen-bond donors (Lipinski definition) is 0. The zero-order chi connectivity index (χ0) is 44.9. The van der Waals surface area contributed by atoms with E-state index in [1.807, 2.05) is 12.2 Å². The standard InChI is InChI=1S/C57H88O5/c1-4-7-10-13-16-19-22-25-28-29-31-32-35-38-41-44-47-50-56(58)61-54-55(53-60-52-49-46-43-40-37-34-27-24-21-18-15-12-9-6-3)62-57(59)51-48-45-42-39-36-33-30-26-23-20-17-14-11-8-5-2/h7-8,10-12,15-17,19-21,24-26,28,30-32,36,38-39,41,45,48,55H,4-6,9,13-14,18,22-23,27,29,33-35,37,40,42-44,46-47,49-54H2,1-3H3/b10-7-,11-8-,15-12-,19-16-,20-17-,24-21-,28-25-,30-26-,32-31-,39-36-,41-38-,48-45-. The average Bonchev–Trinajstić information content (AvgIpc) is 3.27. The fourth-order valence-electron chi connectivity index (χ4n) is 5.83. The lowest BCUT2D eigenvalue weighted by Gasteiger charge is -2.18. The Balaban J connectivity index is 4.54. The number of esters is 2. The molecule has 5 nitrogen and oxygen atoms in total. The second-order valence-electron chi connectivity index (χ2n) is 15.3. The Morgan fingerprint density at radius 3 is 1.24 bits per heavy atom. The molecule has 1 atom stereocenters. The SMILES string of the molecule is CC/C=C\C/C=C\C/C=C\C/C=C\C/C=C\CCCC(=O)OCC(COCCCCCCCC/C=C\C/C=C\CCC)OC(=O)C/C=C\C/C=C\C/C=C\C/C=C\C/C=C\CC. The molecule has 0 heterocycles. The summed E-state index contributed by atoms with van der Waals surface area (Å²) in [6, 6.07) is 0. The highest BCUT2D eigenvalue weighted by atomic mass is 16.6. The molecule has 0 radical (unpaired) electrons. The number of rotatable bonds is 42. The van der Waals surface area contributed by atoms with Crippen LogP contribution < -0.4 is 0 Å². The Kier molecular flexibility index (Phi) is 47.7. The van der Waals surface area contributed by atoms with Gasteiger partial charge in [0.1, 0.15) is 6.61 Å². The highest BCUT2D eigenvalue weighted by molar-refractivity contribution is 5.71. The van der Waals surface area contributed by atoms with Gasteiger partial charge in [-0.1, -0.05) is 199 Å². The van der Waals surface area contributed by atoms with Gasteiger partial charge < -0.3 is 14.2 Å². The van der Waals surface area contributed by atoms with Crippen LogP contribution in [0.3, 0.4) is 0 Å². The molecule has 346 valence electrons. The summed E-state index contributed by atoms with van der Waals surface area (Å²) in [6.07, 6.45) is 74.5. The minimum Gasteiger partial charge on any atom is -0.462 e. The molecule has 0 N–H and O–H groups in total. The quantitative estimate of drug-likeness (QED) is 0.0348. The zero-order valence-electron chi connectivity index (χ0n) is 39.6. The number of allylic oxidation sites excluding steroid dienone is 23. The summed E-state index contributed by atoms with van der Waals surface area (Å²) in [5.74, 6) is -0.632. The Bertz CT molecular complexity index is 1380. The second-order valence-corrected chi connectivity index (χ2v) is 15.3. The molecule has 0 aromatic rings. The van der Waals surface area contributed by atoms with E-state index in [9.17, 15) is 9.59 Å². The van der Waals surface area contributed by atoms with E-state index >= 15 is 0 Å². The second kappa shape index (κ2) is 51.1. The molecule has 0 aromatic carbocycles. The van der Waals surface area contributed by atoms with Crippen LogP contribution >= 0.6 is 0 Å². The molecule has 0 aliphatic heterocycles. The van der Waals surface area contributed by atoms with Gasteiger partial charge in [-0.05, 0) is 109 Å². The fraction of sp³-hybridized carbons (Fsp3) is 0.544. The van der Waals surface area contributed by atoms with Crippen molar-refractivity contribution < 1.29 is 23.8 Å². The summed E-state index contributed by atoms with van der Waals surface area (Å²) in [7, 11) is 0. The summed E-state index contributed by atoms with van der Waals surface area (Å²) in [5, 5.41) is 0. The molecule has 0 saturated carbocycles. The zero-order valence-corrected chi connectivity index (χ0v) is 39.6. The first-order chi connectivity index (χ1) is 30.6. The lowest BCUT2D eigenvalue weighted by atomic mass is 10.1. The first kappa shape index (κ1) is 57.8. The van der Waals surface area contributed by atoms with Gasteiger partial charge in [0.15, 0.2) is 6.10 Å². The molecule has 62 heavy (non-hydrogen) atoms. The number of carbonyl (C=O) groups is 2. The summed E-state index contributed by atoms with van der Waals surface area (Å²) >= 11 is 0. The Morgan fingerprint density at radius 1 is 0.387 bits per heavy atom. The van der Waals surface area contributed by atoms with Crippen molar-refractivity contribution in [2.24, 2.45) is 0 Å². The third-order valence-electron chi connectivity index (χ3n) is 9.35. The van der Waals surface area contributed by atoms with Crippen molar-refractivity contribution in [1.29, 1.82) is 0 Å². The molecule has 1 unspecified atom stereocenters. The van der Waals surface area contributed by atoms with E-state index in [0.717, 1.165) is 96.3 Å². The molecule has 0 saturated heterocycles. The molecule has 0 spiro atoms. The van der Waals surface area contributed by atoms with Gasteiger partial charge in [0.25, 0.3) is 0 Å². The van der Waals surface area contributed by atoms with Gasteiger partial charge >= 0.3 is 11.9 Å². The number of hydrogen-bond acceptors (Lipinski definition) is 5. The summed E-state index contributed by atoms with van der Waals surface area (Å²) in [6.45, 7) is 7.31. The highest BCUT2D eigenvalue weighted by Crippen LogP contribution is 2.10. The van der Waals surface area contributed by atoms with E-state index in [-0.39, 0.29) is 31.6 Å². The van der Waals surface area contributed by atoms with Gasteiger partial charge in [-0.2, -0.15) is 0 Å². The number of carbonyl (C=O) groups excluding carboxylic acids is 2. The third kappa shape index (κ3) is 48.4. The third-order valence-corrected chi connectivity index (χ3v) is 9.35. The molecule has 0 aliphatic carbocycles. The van der Waals surface area contributed by atoms with Crippen LogP contribution in [0, 0.1) is 0 Å². The first-order valence-electron chi connectivity index (χ1n) is 24.4. The van der Waals surface area contributed by atoms with Crippen molar-refractivity contribution in [2.75, 3.05) is 19.8 Å². The van der Waals surface area contributed by atoms with Crippen molar-refractivity contribution in [3.63, 3.8) is 0 Å². The molecular formula is C57H88O5. The van der Waals surface area contributed by atoms with Gasteiger partial charge in [0.05, 0.1) is 13.0 Å². The summed E-state index contributed by atoms with van der Waals surface area (Å²) in [5.41, 5.74) is 0. The topological polar surface area (TPSA) is 61.8 Å². The largest absolute Gasteiger partial charge is 0.462 e. The van der Waals surface area contributed by atoms with Crippen LogP contribution in [0.1, 0.15) is 175 Å². The molecule has 0 aliphatic rings. The maximum absolute atomic E-state index is 12.7. The normalized spacial score (nSPS) is 13.5. The van der Waals surface area contributed by atoms with Gasteiger partial charge in [-0.3, -0.25) is 9.59 Å². The van der Waals surface area contributed by atoms with E-state index in [1.165, 1.54) is 38.5 Å². The molecule has 0 fully saturated rings. The predicted octanol–water partition coefficient (Wildman–Crippen LogP) is 16.6. The van der Waals surface area contributed by atoms with Crippen LogP contribution in [0.4, 0.5) is 0 Å². The van der Waals surface area contributed by atoms with Crippen molar-refractivity contribution in [2.45, 2.75) is 181 Å². The van der Waals surface area contributed by atoms with Crippen LogP contribution in [0.15, 0.2) is 146 Å². The fourth-order valence-corrected chi connectivity index (χ4v) is 5.83. The molecular weight excluding hydrogens is 765 g/mol. The van der Waals surface area contributed by atoms with Crippen LogP contribution in [0.2, 0.25) is 0 Å². The minimum absolute atomic E-state index is 0.00137. The Labute approximate surface area is 381 Å². The maximum Gasteiger partial charge on any atom is 0.310 e. The molecule has 0 rings (SSSR count). The first-order valence-corrected chi connectivity index (χ1v) is 24.4. The van der Waals surface area contributed by atoms with E-state index in [2.05, 4.69) is 154 Å². The van der Waals surface area contributed by atoms with Gasteiger partial charge in [0.2, 0.25) is 0 Å². The van der Waals surface area contributed by atoms with Crippen LogP contribution in [0.25, 0.3) is 0 Å². The molecule has 0 amide bonds. The molecule has 0 bridgehead atoms. The summed E-state index contributed by atoms with van der Waals surface area (Å²) < 4.78 is 17.2. The minimum atomic E-state index is -0.629. The number of unbranched alkanes of at least 4 members (excludes halogenated alkanes) is 8. The van der Waals surface area contributed by atoms with Crippen LogP contribution in [-0.4, -0.2) is 37.9 Å². The monoisotopic (exact) mass is 853 g/mol. The average molecular weight is 853 g/mol. The van der Waals surface area contributed by atoms with Crippen LogP contribution in [-0.2, 0) is 23.8 Å².